The Hall–Kier alpha value is -2.63. The van der Waals surface area contributed by atoms with Crippen molar-refractivity contribution >= 4 is 35.0 Å². The van der Waals surface area contributed by atoms with Crippen LogP contribution in [0.2, 0.25) is 5.02 Å². The van der Waals surface area contributed by atoms with Crippen LogP contribution in [0.1, 0.15) is 44.0 Å². The maximum Gasteiger partial charge on any atom is 0.152 e. The summed E-state index contributed by atoms with van der Waals surface area (Å²) in [5.74, 6) is 2.43. The Balaban J connectivity index is 1.14. The number of pyridine rings is 1. The Kier molecular flexibility index (Phi) is 6.87. The van der Waals surface area contributed by atoms with Gasteiger partial charge in [0.1, 0.15) is 27.9 Å². The van der Waals surface area contributed by atoms with Crippen molar-refractivity contribution in [2.75, 3.05) is 36.0 Å². The lowest BCUT2D eigenvalue weighted by molar-refractivity contribution is 0.00437. The van der Waals surface area contributed by atoms with E-state index in [2.05, 4.69) is 14.8 Å². The fraction of sp³-hybridized carbons (Fsp3) is 0.464. The number of aliphatic hydroxyl groups excluding tert-OH is 1. The fourth-order valence-corrected chi connectivity index (χ4v) is 6.80. The number of fused-ring (bicyclic) bond motifs is 1. The summed E-state index contributed by atoms with van der Waals surface area (Å²) in [6, 6.07) is 9.69. The average molecular weight is 569 g/mol. The van der Waals surface area contributed by atoms with E-state index in [1.54, 1.807) is 12.4 Å². The molecule has 5 heterocycles. The minimum Gasteiger partial charge on any atom is -0.485 e. The molecule has 1 atom stereocenters. The predicted octanol–water partition coefficient (Wildman–Crippen LogP) is 3.81. The minimum absolute atomic E-state index is 0.162. The van der Waals surface area contributed by atoms with E-state index < -0.39 is 11.2 Å². The topological polar surface area (TPSA) is 121 Å². The molecule has 6 rings (SSSR count). The van der Waals surface area contributed by atoms with Gasteiger partial charge in [-0.2, -0.15) is 0 Å². The maximum absolute atomic E-state index is 10.3. The van der Waals surface area contributed by atoms with Crippen LogP contribution in [0.25, 0.3) is 0 Å². The third-order valence-electron chi connectivity index (χ3n) is 8.22. The number of aromatic nitrogens is 3. The first-order valence-electron chi connectivity index (χ1n) is 13.2. The van der Waals surface area contributed by atoms with E-state index in [1.807, 2.05) is 44.2 Å². The number of nitrogens with two attached hydrogens (primary N) is 1. The van der Waals surface area contributed by atoms with Crippen molar-refractivity contribution in [3.8, 4) is 5.75 Å². The number of anilines is 2. The van der Waals surface area contributed by atoms with Crippen molar-refractivity contribution < 1.29 is 14.9 Å². The third kappa shape index (κ3) is 4.82. The number of hydrogen-bond donors (Lipinski definition) is 3. The molecule has 3 aromatic rings. The van der Waals surface area contributed by atoms with E-state index >= 15 is 0 Å². The van der Waals surface area contributed by atoms with Crippen LogP contribution >= 0.6 is 23.4 Å². The predicted molar refractivity (Wildman–Crippen MR) is 152 cm³/mol. The van der Waals surface area contributed by atoms with E-state index in [9.17, 15) is 10.2 Å². The highest BCUT2D eigenvalue weighted by atomic mass is 35.5. The summed E-state index contributed by atoms with van der Waals surface area (Å²) in [5.41, 5.74) is 7.07. The second-order valence-electron chi connectivity index (χ2n) is 11.1. The lowest BCUT2D eigenvalue weighted by Crippen LogP contribution is -2.56. The van der Waals surface area contributed by atoms with Gasteiger partial charge < -0.3 is 30.5 Å². The van der Waals surface area contributed by atoms with Gasteiger partial charge in [-0.05, 0) is 26.0 Å². The number of halogens is 1. The monoisotopic (exact) mass is 568 g/mol. The van der Waals surface area contributed by atoms with Crippen molar-refractivity contribution in [1.29, 1.82) is 0 Å². The van der Waals surface area contributed by atoms with Crippen LogP contribution in [0.5, 0.6) is 5.75 Å². The number of para-hydroxylation sites is 1. The van der Waals surface area contributed by atoms with Crippen LogP contribution in [-0.4, -0.2) is 62.5 Å². The SMILES string of the molecule is CC(C)(O)C1CN(c2nccc(Sc3cnc(N4CCC5(CC4)Oc4ccccc4[C@H]5N)c(CO)n3)c2Cl)C1. The van der Waals surface area contributed by atoms with E-state index in [-0.39, 0.29) is 18.6 Å². The zero-order chi connectivity index (χ0) is 27.4. The first kappa shape index (κ1) is 26.6. The number of hydrogen-bond acceptors (Lipinski definition) is 10. The highest BCUT2D eigenvalue weighted by molar-refractivity contribution is 7.99. The molecule has 0 unspecified atom stereocenters. The van der Waals surface area contributed by atoms with E-state index in [4.69, 9.17) is 32.0 Å². The van der Waals surface area contributed by atoms with Crippen LogP contribution in [0.4, 0.5) is 11.6 Å². The van der Waals surface area contributed by atoms with E-state index in [0.29, 0.717) is 53.6 Å². The molecule has 3 aliphatic rings. The highest BCUT2D eigenvalue weighted by Gasteiger charge is 2.48. The van der Waals surface area contributed by atoms with Gasteiger partial charge in [-0.15, -0.1) is 0 Å². The molecule has 0 saturated carbocycles. The second kappa shape index (κ2) is 10.1. The zero-order valence-electron chi connectivity index (χ0n) is 22.0. The van der Waals surface area contributed by atoms with E-state index in [0.717, 1.165) is 29.1 Å². The van der Waals surface area contributed by atoms with Crippen LogP contribution in [0.3, 0.4) is 0 Å². The summed E-state index contributed by atoms with van der Waals surface area (Å²) in [5, 5.41) is 21.6. The van der Waals surface area contributed by atoms with Gasteiger partial charge in [-0.1, -0.05) is 41.6 Å². The van der Waals surface area contributed by atoms with E-state index in [1.165, 1.54) is 11.8 Å². The van der Waals surface area contributed by atoms with Gasteiger partial charge in [0.25, 0.3) is 0 Å². The molecular formula is C28H33ClN6O3S. The molecule has 1 aromatic carbocycles. The van der Waals surface area contributed by atoms with Gasteiger partial charge in [0.2, 0.25) is 0 Å². The van der Waals surface area contributed by atoms with Crippen molar-refractivity contribution in [2.45, 2.75) is 60.5 Å². The van der Waals surface area contributed by atoms with Crippen molar-refractivity contribution in [3.05, 3.63) is 59.0 Å². The largest absolute Gasteiger partial charge is 0.485 e. The van der Waals surface area contributed by atoms with Crippen LogP contribution in [0, 0.1) is 5.92 Å². The molecule has 2 fully saturated rings. The lowest BCUT2D eigenvalue weighted by atomic mass is 9.83. The Bertz CT molecular complexity index is 1370. The quantitative estimate of drug-likeness (QED) is 0.405. The second-order valence-corrected chi connectivity index (χ2v) is 12.6. The van der Waals surface area contributed by atoms with Gasteiger partial charge in [0, 0.05) is 61.6 Å². The summed E-state index contributed by atoms with van der Waals surface area (Å²) in [7, 11) is 0. The molecule has 0 bridgehead atoms. The Morgan fingerprint density at radius 2 is 1.87 bits per heavy atom. The summed E-state index contributed by atoms with van der Waals surface area (Å²) in [6.07, 6.45) is 4.97. The van der Waals surface area contributed by atoms with Gasteiger partial charge >= 0.3 is 0 Å². The van der Waals surface area contributed by atoms with Gasteiger partial charge in [0.15, 0.2) is 5.82 Å². The third-order valence-corrected chi connectivity index (χ3v) is 9.67. The molecule has 2 saturated heterocycles. The molecule has 0 amide bonds. The minimum atomic E-state index is -0.733. The molecule has 0 radical (unpaired) electrons. The van der Waals surface area contributed by atoms with Crippen molar-refractivity contribution in [2.24, 2.45) is 11.7 Å². The number of aliphatic hydroxyl groups is 2. The summed E-state index contributed by atoms with van der Waals surface area (Å²) >= 11 is 8.14. The Labute approximate surface area is 237 Å². The molecule has 4 N–H and O–H groups in total. The molecule has 2 aromatic heterocycles. The normalized spacial score (nSPS) is 20.6. The molecule has 9 nitrogen and oxygen atoms in total. The molecule has 39 heavy (non-hydrogen) atoms. The first-order valence-corrected chi connectivity index (χ1v) is 14.4. The van der Waals surface area contributed by atoms with Crippen LogP contribution < -0.4 is 20.3 Å². The van der Waals surface area contributed by atoms with Crippen LogP contribution in [-0.2, 0) is 6.61 Å². The average Bonchev–Trinajstić information content (AvgIpc) is 3.16. The van der Waals surface area contributed by atoms with Crippen molar-refractivity contribution in [1.82, 2.24) is 15.0 Å². The van der Waals surface area contributed by atoms with Crippen LogP contribution in [0.15, 0.2) is 52.6 Å². The molecule has 1 spiro atoms. The number of piperidine rings is 1. The summed E-state index contributed by atoms with van der Waals surface area (Å²) < 4.78 is 6.37. The zero-order valence-corrected chi connectivity index (χ0v) is 23.6. The Morgan fingerprint density at radius 3 is 2.56 bits per heavy atom. The standard InChI is InChI=1S/C28H33ClN6O3S/c1-27(2,37)17-14-35(15-17)26-23(29)21(7-10-31-26)39-22-13-32-25(19(16-36)33-22)34-11-8-28(9-12-34)24(30)18-5-3-4-6-20(18)38-28/h3-7,10,13,17,24,36-37H,8-9,11-12,14-16,30H2,1-2H3/t24-/m1/s1. The number of benzene rings is 1. The number of rotatable bonds is 6. The molecule has 11 heteroatoms. The molecular weight excluding hydrogens is 536 g/mol. The van der Waals surface area contributed by atoms with Gasteiger partial charge in [0.05, 0.1) is 29.5 Å². The smallest absolute Gasteiger partial charge is 0.152 e. The van der Waals surface area contributed by atoms with Crippen molar-refractivity contribution in [3.63, 3.8) is 0 Å². The Morgan fingerprint density at radius 1 is 1.13 bits per heavy atom. The van der Waals surface area contributed by atoms with Gasteiger partial charge in [-0.3, -0.25) is 0 Å². The summed E-state index contributed by atoms with van der Waals surface area (Å²) in [4.78, 5) is 18.9. The molecule has 0 aliphatic carbocycles. The van der Waals surface area contributed by atoms with Gasteiger partial charge in [-0.25, -0.2) is 15.0 Å². The lowest BCUT2D eigenvalue weighted by Gasteiger charge is -2.46. The first-order chi connectivity index (χ1) is 18.7. The highest BCUT2D eigenvalue weighted by Crippen LogP contribution is 2.47. The molecule has 206 valence electrons. The fourth-order valence-electron chi connectivity index (χ4n) is 5.65. The number of ether oxygens (including phenoxy) is 1. The molecule has 3 aliphatic heterocycles. The summed E-state index contributed by atoms with van der Waals surface area (Å²) in [6.45, 7) is 6.25. The number of nitrogens with zero attached hydrogens (tertiary/aromatic N) is 5. The maximum atomic E-state index is 10.3.